The molecule has 186 valence electrons. The second kappa shape index (κ2) is 8.21. The van der Waals surface area contributed by atoms with Crippen molar-refractivity contribution >= 4 is 11.8 Å². The predicted octanol–water partition coefficient (Wildman–Crippen LogP) is 1.12. The predicted molar refractivity (Wildman–Crippen MR) is 111 cm³/mol. The van der Waals surface area contributed by atoms with Crippen molar-refractivity contribution in [2.45, 2.75) is 81.1 Å². The number of nitrogens with one attached hydrogen (secondary N) is 3. The van der Waals surface area contributed by atoms with E-state index >= 15 is 0 Å². The number of amides is 2. The van der Waals surface area contributed by atoms with Gasteiger partial charge in [0.2, 0.25) is 0 Å². The van der Waals surface area contributed by atoms with Crippen LogP contribution in [0.5, 0.6) is 17.2 Å². The number of alkyl halides is 2. The standard InChI is InChI=1S/C22H27F2N3O7/c1-12-8-16(34-27-12)19(30)26-20-4-6-21(7-5-20,17(28)10-20)25-18(29)11-31-13-2-3-14-15(9-13)33-22(23,24)32-14/h2-3,9,12,16-17,27-28H,4-8,10-11H2,1H3,(H,25,29)(H,26,30)/t12?,16?,17-,20?,21?/m0/s1. The van der Waals surface area contributed by atoms with Gasteiger partial charge in [-0.25, -0.2) is 0 Å². The number of ether oxygens (including phenoxy) is 3. The average Bonchev–Trinajstić information content (AvgIpc) is 3.34. The number of fused-ring (bicyclic) bond motifs is 4. The molecule has 3 aliphatic carbocycles. The van der Waals surface area contributed by atoms with Crippen molar-refractivity contribution in [3.8, 4) is 17.2 Å². The highest BCUT2D eigenvalue weighted by Gasteiger charge is 2.55. The molecule has 10 nitrogen and oxygen atoms in total. The molecule has 4 N–H and O–H groups in total. The summed E-state index contributed by atoms with van der Waals surface area (Å²) < 4.78 is 40.4. The van der Waals surface area contributed by atoms with Crippen LogP contribution in [0.15, 0.2) is 18.2 Å². The quantitative estimate of drug-likeness (QED) is 0.474. The molecule has 2 unspecified atom stereocenters. The molecule has 2 bridgehead atoms. The van der Waals surface area contributed by atoms with E-state index in [4.69, 9.17) is 9.57 Å². The van der Waals surface area contributed by atoms with Crippen LogP contribution in [0.3, 0.4) is 0 Å². The Morgan fingerprint density at radius 3 is 2.59 bits per heavy atom. The third-order valence-corrected chi connectivity index (χ3v) is 7.11. The van der Waals surface area contributed by atoms with Gasteiger partial charge in [-0.3, -0.25) is 14.4 Å². The summed E-state index contributed by atoms with van der Waals surface area (Å²) in [4.78, 5) is 30.5. The molecule has 4 fully saturated rings. The molecule has 2 heterocycles. The molecule has 2 amide bonds. The van der Waals surface area contributed by atoms with Gasteiger partial charge in [-0.15, -0.1) is 8.78 Å². The Morgan fingerprint density at radius 1 is 1.18 bits per heavy atom. The molecule has 6 rings (SSSR count). The Morgan fingerprint density at radius 2 is 1.91 bits per heavy atom. The lowest BCUT2D eigenvalue weighted by Crippen LogP contribution is -2.70. The van der Waals surface area contributed by atoms with Crippen LogP contribution in [-0.4, -0.2) is 59.2 Å². The third-order valence-electron chi connectivity index (χ3n) is 7.11. The SMILES string of the molecule is CC1CC(C(=O)NC23CCC(NC(=O)COc4ccc5c(c4)OC(F)(F)O5)(CC2)[C@@H](O)C3)ON1. The maximum absolute atomic E-state index is 13.2. The lowest BCUT2D eigenvalue weighted by molar-refractivity contribution is -0.286. The Labute approximate surface area is 194 Å². The summed E-state index contributed by atoms with van der Waals surface area (Å²) in [7, 11) is 0. The van der Waals surface area contributed by atoms with Crippen molar-refractivity contribution in [3.05, 3.63) is 18.2 Å². The first-order chi connectivity index (χ1) is 16.1. The minimum absolute atomic E-state index is 0.0974. The molecular weight excluding hydrogens is 456 g/mol. The molecule has 3 saturated carbocycles. The van der Waals surface area contributed by atoms with Crippen LogP contribution in [-0.2, 0) is 14.4 Å². The Bertz CT molecular complexity index is 983. The van der Waals surface area contributed by atoms with E-state index in [1.807, 2.05) is 6.92 Å². The first kappa shape index (κ1) is 23.1. The van der Waals surface area contributed by atoms with Crippen LogP contribution >= 0.6 is 0 Å². The summed E-state index contributed by atoms with van der Waals surface area (Å²) in [5, 5.41) is 16.9. The van der Waals surface area contributed by atoms with E-state index in [2.05, 4.69) is 25.6 Å². The minimum Gasteiger partial charge on any atom is -0.484 e. The Kier molecular flexibility index (Phi) is 5.57. The van der Waals surface area contributed by atoms with Gasteiger partial charge in [0, 0.05) is 24.1 Å². The van der Waals surface area contributed by atoms with Gasteiger partial charge in [-0.1, -0.05) is 0 Å². The van der Waals surface area contributed by atoms with Crippen molar-refractivity contribution in [1.82, 2.24) is 16.1 Å². The van der Waals surface area contributed by atoms with Crippen molar-refractivity contribution in [3.63, 3.8) is 0 Å². The van der Waals surface area contributed by atoms with Gasteiger partial charge >= 0.3 is 6.29 Å². The number of carbonyl (C=O) groups is 2. The molecule has 0 aromatic heterocycles. The second-order valence-corrected chi connectivity index (χ2v) is 9.62. The summed E-state index contributed by atoms with van der Waals surface area (Å²) in [5.74, 6) is -0.769. The van der Waals surface area contributed by atoms with Gasteiger partial charge in [-0.2, -0.15) is 5.48 Å². The lowest BCUT2D eigenvalue weighted by atomic mass is 9.60. The number of aliphatic hydroxyl groups is 1. The fraction of sp³-hybridized carbons (Fsp3) is 0.636. The van der Waals surface area contributed by atoms with Crippen LogP contribution in [0.2, 0.25) is 0 Å². The van der Waals surface area contributed by atoms with E-state index in [-0.39, 0.29) is 35.8 Å². The third kappa shape index (κ3) is 4.37. The number of hydrogen-bond acceptors (Lipinski definition) is 8. The van der Waals surface area contributed by atoms with E-state index in [1.165, 1.54) is 18.2 Å². The first-order valence-electron chi connectivity index (χ1n) is 11.3. The number of rotatable bonds is 6. The normalized spacial score (nSPS) is 35.1. The van der Waals surface area contributed by atoms with Crippen molar-refractivity contribution in [1.29, 1.82) is 0 Å². The summed E-state index contributed by atoms with van der Waals surface area (Å²) >= 11 is 0. The zero-order valence-corrected chi connectivity index (χ0v) is 18.6. The van der Waals surface area contributed by atoms with Gasteiger partial charge in [0.1, 0.15) is 5.75 Å². The fourth-order valence-corrected chi connectivity index (χ4v) is 5.26. The highest BCUT2D eigenvalue weighted by molar-refractivity contribution is 5.82. The zero-order chi connectivity index (χ0) is 24.1. The number of carbonyl (C=O) groups excluding carboxylic acids is 2. The zero-order valence-electron chi connectivity index (χ0n) is 18.6. The molecule has 34 heavy (non-hydrogen) atoms. The molecule has 1 aromatic rings. The highest BCUT2D eigenvalue weighted by atomic mass is 19.3. The van der Waals surface area contributed by atoms with Crippen LogP contribution in [0, 0.1) is 0 Å². The number of hydrogen-bond donors (Lipinski definition) is 4. The summed E-state index contributed by atoms with van der Waals surface area (Å²) in [6.45, 7) is 1.57. The molecule has 1 saturated heterocycles. The van der Waals surface area contributed by atoms with Crippen molar-refractivity contribution in [2.24, 2.45) is 0 Å². The molecule has 0 spiro atoms. The van der Waals surface area contributed by atoms with Gasteiger partial charge < -0.3 is 30.0 Å². The van der Waals surface area contributed by atoms with Crippen molar-refractivity contribution in [2.75, 3.05) is 6.61 Å². The molecular formula is C22H27F2N3O7. The molecule has 0 radical (unpaired) electrons. The van der Waals surface area contributed by atoms with Crippen LogP contribution in [0.4, 0.5) is 8.78 Å². The molecule has 3 atom stereocenters. The average molecular weight is 483 g/mol. The van der Waals surface area contributed by atoms with Crippen LogP contribution in [0.1, 0.15) is 45.4 Å². The van der Waals surface area contributed by atoms with E-state index in [0.717, 1.165) is 0 Å². The van der Waals surface area contributed by atoms with E-state index in [9.17, 15) is 23.5 Å². The van der Waals surface area contributed by atoms with Gasteiger partial charge in [-0.05, 0) is 51.2 Å². The van der Waals surface area contributed by atoms with E-state index < -0.39 is 35.5 Å². The van der Waals surface area contributed by atoms with Gasteiger partial charge in [0.25, 0.3) is 11.8 Å². The lowest BCUT2D eigenvalue weighted by Gasteiger charge is -2.56. The molecule has 12 heteroatoms. The molecule has 1 aromatic carbocycles. The summed E-state index contributed by atoms with van der Waals surface area (Å²) in [5.41, 5.74) is 1.46. The van der Waals surface area contributed by atoms with Crippen molar-refractivity contribution < 1.29 is 42.5 Å². The topological polar surface area (TPSA) is 127 Å². The maximum atomic E-state index is 13.2. The summed E-state index contributed by atoms with van der Waals surface area (Å²) in [6.07, 6.45) is -2.00. The maximum Gasteiger partial charge on any atom is 0.586 e. The molecule has 2 aliphatic heterocycles. The summed E-state index contributed by atoms with van der Waals surface area (Å²) in [6, 6.07) is 3.99. The first-order valence-corrected chi connectivity index (χ1v) is 11.3. The van der Waals surface area contributed by atoms with E-state index in [1.54, 1.807) is 0 Å². The number of halogens is 2. The highest BCUT2D eigenvalue weighted by Crippen LogP contribution is 2.47. The smallest absolute Gasteiger partial charge is 0.484 e. The van der Waals surface area contributed by atoms with Gasteiger partial charge in [0.05, 0.1) is 11.6 Å². The van der Waals surface area contributed by atoms with Gasteiger partial charge in [0.15, 0.2) is 24.2 Å². The Hall–Kier alpha value is -2.70. The second-order valence-electron chi connectivity index (χ2n) is 9.62. The fourth-order valence-electron chi connectivity index (χ4n) is 5.26. The van der Waals surface area contributed by atoms with Crippen LogP contribution < -0.4 is 30.3 Å². The number of aliphatic hydroxyl groups excluding tert-OH is 1. The Balaban J connectivity index is 1.14. The van der Waals surface area contributed by atoms with Crippen LogP contribution in [0.25, 0.3) is 0 Å². The number of benzene rings is 1. The molecule has 5 aliphatic rings. The van der Waals surface area contributed by atoms with E-state index in [0.29, 0.717) is 38.5 Å². The largest absolute Gasteiger partial charge is 0.586 e. The monoisotopic (exact) mass is 483 g/mol. The number of hydroxylamine groups is 1. The minimum atomic E-state index is -3.73.